The average molecular weight is 261 g/mol. The van der Waals surface area contributed by atoms with Gasteiger partial charge in [0, 0.05) is 17.3 Å². The zero-order chi connectivity index (χ0) is 13.8. The Morgan fingerprint density at radius 3 is 2.26 bits per heavy atom. The van der Waals surface area contributed by atoms with Crippen molar-refractivity contribution in [2.75, 3.05) is 12.3 Å². The molecule has 0 unspecified atom stereocenters. The molecule has 0 bridgehead atoms. The van der Waals surface area contributed by atoms with Crippen molar-refractivity contribution in [3.05, 3.63) is 29.8 Å². The highest BCUT2D eigenvalue weighted by molar-refractivity contribution is 5.96. The zero-order valence-electron chi connectivity index (χ0n) is 10.8. The first-order valence-electron chi connectivity index (χ1n) is 6.53. The summed E-state index contributed by atoms with van der Waals surface area (Å²) in [5, 5.41) is 0. The number of anilines is 1. The fraction of sp³-hybridized carbons (Fsp3) is 0.429. The first-order chi connectivity index (χ1) is 9.08. The summed E-state index contributed by atoms with van der Waals surface area (Å²) in [5.41, 5.74) is 12.0. The van der Waals surface area contributed by atoms with Crippen LogP contribution in [0, 0.1) is 0 Å². The minimum atomic E-state index is -0.476. The van der Waals surface area contributed by atoms with Crippen molar-refractivity contribution < 1.29 is 9.59 Å². The van der Waals surface area contributed by atoms with Gasteiger partial charge in [0.2, 0.25) is 5.91 Å². The number of nitrogen functional groups attached to an aromatic ring is 1. The summed E-state index contributed by atoms with van der Waals surface area (Å²) in [6, 6.07) is 6.85. The number of amides is 2. The molecule has 1 aliphatic rings. The van der Waals surface area contributed by atoms with Crippen LogP contribution < -0.4 is 11.5 Å². The Kier molecular flexibility index (Phi) is 4.04. The third kappa shape index (κ3) is 3.24. The Morgan fingerprint density at radius 2 is 1.74 bits per heavy atom. The van der Waals surface area contributed by atoms with Crippen LogP contribution >= 0.6 is 0 Å². The molecule has 19 heavy (non-hydrogen) atoms. The van der Waals surface area contributed by atoms with Gasteiger partial charge in [0.1, 0.15) is 0 Å². The third-order valence-electron chi connectivity index (χ3n) is 3.51. The third-order valence-corrected chi connectivity index (χ3v) is 3.51. The Balaban J connectivity index is 2.18. The number of hydrogen-bond donors (Lipinski definition) is 2. The van der Waals surface area contributed by atoms with E-state index in [0.29, 0.717) is 11.3 Å². The van der Waals surface area contributed by atoms with Gasteiger partial charge in [-0.2, -0.15) is 0 Å². The van der Waals surface area contributed by atoms with Gasteiger partial charge >= 0.3 is 0 Å². The van der Waals surface area contributed by atoms with Gasteiger partial charge in [0.25, 0.3) is 5.91 Å². The molecule has 0 aliphatic heterocycles. The predicted molar refractivity (Wildman–Crippen MR) is 73.3 cm³/mol. The van der Waals surface area contributed by atoms with Crippen LogP contribution in [0.2, 0.25) is 0 Å². The number of rotatable bonds is 4. The molecule has 1 saturated carbocycles. The van der Waals surface area contributed by atoms with Gasteiger partial charge < -0.3 is 16.4 Å². The minimum absolute atomic E-state index is 0.0200. The lowest BCUT2D eigenvalue weighted by Gasteiger charge is -2.27. The van der Waals surface area contributed by atoms with E-state index in [0.717, 1.165) is 25.7 Å². The van der Waals surface area contributed by atoms with E-state index < -0.39 is 5.91 Å². The molecule has 2 rings (SSSR count). The molecule has 0 saturated heterocycles. The highest BCUT2D eigenvalue weighted by atomic mass is 16.2. The topological polar surface area (TPSA) is 89.4 Å². The number of primary amides is 1. The van der Waals surface area contributed by atoms with Gasteiger partial charge in [-0.1, -0.05) is 12.8 Å². The first-order valence-corrected chi connectivity index (χ1v) is 6.53. The van der Waals surface area contributed by atoms with Crippen LogP contribution in [0.1, 0.15) is 36.0 Å². The van der Waals surface area contributed by atoms with E-state index in [1.807, 2.05) is 0 Å². The van der Waals surface area contributed by atoms with Gasteiger partial charge in [-0.3, -0.25) is 9.59 Å². The standard InChI is InChI=1S/C14H19N3O2/c15-11-7-5-10(6-8-11)14(19)17(9-13(16)18)12-3-1-2-4-12/h5-8,12H,1-4,9,15H2,(H2,16,18). The molecule has 4 N–H and O–H groups in total. The Bertz CT molecular complexity index is 464. The largest absolute Gasteiger partial charge is 0.399 e. The Labute approximate surface area is 112 Å². The fourth-order valence-electron chi connectivity index (χ4n) is 2.54. The highest BCUT2D eigenvalue weighted by Gasteiger charge is 2.28. The van der Waals surface area contributed by atoms with E-state index in [4.69, 9.17) is 11.5 Å². The van der Waals surface area contributed by atoms with Crippen molar-refractivity contribution in [2.24, 2.45) is 5.73 Å². The summed E-state index contributed by atoms with van der Waals surface area (Å²) in [6.45, 7) is -0.0200. The number of hydrogen-bond acceptors (Lipinski definition) is 3. The number of carbonyl (C=O) groups is 2. The van der Waals surface area contributed by atoms with Crippen molar-refractivity contribution in [2.45, 2.75) is 31.7 Å². The summed E-state index contributed by atoms with van der Waals surface area (Å²) in [4.78, 5) is 25.2. The van der Waals surface area contributed by atoms with E-state index in [1.54, 1.807) is 29.2 Å². The van der Waals surface area contributed by atoms with Crippen molar-refractivity contribution >= 4 is 17.5 Å². The molecule has 1 aliphatic carbocycles. The van der Waals surface area contributed by atoms with Crippen LogP contribution in [-0.2, 0) is 4.79 Å². The Morgan fingerprint density at radius 1 is 1.16 bits per heavy atom. The number of nitrogens with zero attached hydrogens (tertiary/aromatic N) is 1. The molecule has 0 heterocycles. The van der Waals surface area contributed by atoms with E-state index in [9.17, 15) is 9.59 Å². The van der Waals surface area contributed by atoms with Gasteiger partial charge in [-0.05, 0) is 37.1 Å². The van der Waals surface area contributed by atoms with E-state index in [1.165, 1.54) is 0 Å². The SMILES string of the molecule is NC(=O)CN(C(=O)c1ccc(N)cc1)C1CCCC1. The van der Waals surface area contributed by atoms with Crippen LogP contribution in [0.3, 0.4) is 0 Å². The maximum Gasteiger partial charge on any atom is 0.254 e. The Hall–Kier alpha value is -2.04. The van der Waals surface area contributed by atoms with E-state index in [-0.39, 0.29) is 18.5 Å². The van der Waals surface area contributed by atoms with Crippen molar-refractivity contribution in [3.8, 4) is 0 Å². The summed E-state index contributed by atoms with van der Waals surface area (Å²) in [6.07, 6.45) is 4.06. The second kappa shape index (κ2) is 5.73. The minimum Gasteiger partial charge on any atom is -0.399 e. The molecule has 1 aromatic carbocycles. The lowest BCUT2D eigenvalue weighted by molar-refractivity contribution is -0.119. The average Bonchev–Trinajstić information content (AvgIpc) is 2.89. The van der Waals surface area contributed by atoms with Crippen molar-refractivity contribution in [1.29, 1.82) is 0 Å². The summed E-state index contributed by atoms with van der Waals surface area (Å²) in [5.74, 6) is -0.624. The zero-order valence-corrected chi connectivity index (χ0v) is 10.8. The van der Waals surface area contributed by atoms with Crippen LogP contribution in [0.5, 0.6) is 0 Å². The van der Waals surface area contributed by atoms with Gasteiger partial charge in [0.05, 0.1) is 6.54 Å². The molecule has 5 nitrogen and oxygen atoms in total. The number of carbonyl (C=O) groups excluding carboxylic acids is 2. The molecule has 1 aromatic rings. The quantitative estimate of drug-likeness (QED) is 0.796. The van der Waals surface area contributed by atoms with Crippen molar-refractivity contribution in [3.63, 3.8) is 0 Å². The second-order valence-electron chi connectivity index (χ2n) is 4.96. The van der Waals surface area contributed by atoms with E-state index >= 15 is 0 Å². The fourth-order valence-corrected chi connectivity index (χ4v) is 2.54. The molecule has 0 radical (unpaired) electrons. The molecule has 0 aromatic heterocycles. The lowest BCUT2D eigenvalue weighted by atomic mass is 10.1. The normalized spacial score (nSPS) is 15.4. The summed E-state index contributed by atoms with van der Waals surface area (Å²) >= 11 is 0. The second-order valence-corrected chi connectivity index (χ2v) is 4.96. The van der Waals surface area contributed by atoms with Crippen LogP contribution in [0.25, 0.3) is 0 Å². The van der Waals surface area contributed by atoms with Crippen LogP contribution in [0.4, 0.5) is 5.69 Å². The lowest BCUT2D eigenvalue weighted by Crippen LogP contribution is -2.44. The maximum atomic E-state index is 12.5. The molecule has 102 valence electrons. The number of benzene rings is 1. The van der Waals surface area contributed by atoms with Crippen molar-refractivity contribution in [1.82, 2.24) is 4.90 Å². The van der Waals surface area contributed by atoms with Gasteiger partial charge in [-0.25, -0.2) is 0 Å². The van der Waals surface area contributed by atoms with Gasteiger partial charge in [0.15, 0.2) is 0 Å². The van der Waals surface area contributed by atoms with Crippen LogP contribution in [0.15, 0.2) is 24.3 Å². The summed E-state index contributed by atoms with van der Waals surface area (Å²) in [7, 11) is 0. The molecule has 1 fully saturated rings. The monoisotopic (exact) mass is 261 g/mol. The maximum absolute atomic E-state index is 12.5. The predicted octanol–water partition coefficient (Wildman–Crippen LogP) is 1.14. The molecular formula is C14H19N3O2. The molecule has 0 spiro atoms. The van der Waals surface area contributed by atoms with E-state index in [2.05, 4.69) is 0 Å². The number of nitrogens with two attached hydrogens (primary N) is 2. The molecule has 5 heteroatoms. The summed E-state index contributed by atoms with van der Waals surface area (Å²) < 4.78 is 0. The first kappa shape index (κ1) is 13.4. The van der Waals surface area contributed by atoms with Crippen LogP contribution in [-0.4, -0.2) is 29.3 Å². The highest BCUT2D eigenvalue weighted by Crippen LogP contribution is 2.24. The molecule has 0 atom stereocenters. The molecule has 2 amide bonds. The smallest absolute Gasteiger partial charge is 0.254 e. The molecular weight excluding hydrogens is 242 g/mol. The van der Waals surface area contributed by atoms with Gasteiger partial charge in [-0.15, -0.1) is 0 Å².